The molecule has 1 N–H and O–H groups in total. The molecule has 0 fully saturated rings. The first-order valence-corrected chi connectivity index (χ1v) is 7.02. The van der Waals surface area contributed by atoms with Crippen molar-refractivity contribution < 1.29 is 9.53 Å². The van der Waals surface area contributed by atoms with E-state index < -0.39 is 0 Å². The third-order valence-corrected chi connectivity index (χ3v) is 3.39. The molecule has 0 bridgehead atoms. The van der Waals surface area contributed by atoms with Crippen LogP contribution in [-0.2, 0) is 4.79 Å². The molecule has 0 saturated carbocycles. The van der Waals surface area contributed by atoms with Crippen LogP contribution in [0.3, 0.4) is 0 Å². The van der Waals surface area contributed by atoms with Crippen LogP contribution in [0.1, 0.15) is 5.56 Å². The molecule has 0 aliphatic rings. The molecule has 1 heterocycles. The zero-order chi connectivity index (χ0) is 14.5. The number of benzene rings is 1. The number of anilines is 1. The van der Waals surface area contributed by atoms with Gasteiger partial charge in [0.1, 0.15) is 11.6 Å². The van der Waals surface area contributed by atoms with E-state index in [0.717, 1.165) is 10.0 Å². The number of amides is 1. The van der Waals surface area contributed by atoms with Crippen LogP contribution in [0.5, 0.6) is 5.75 Å². The molecule has 0 radical (unpaired) electrons. The van der Waals surface area contributed by atoms with E-state index in [9.17, 15) is 4.79 Å². The molecule has 2 rings (SSSR count). The van der Waals surface area contributed by atoms with Crippen LogP contribution >= 0.6 is 27.5 Å². The van der Waals surface area contributed by atoms with Crippen molar-refractivity contribution in [2.45, 2.75) is 6.92 Å². The van der Waals surface area contributed by atoms with Gasteiger partial charge in [0, 0.05) is 15.7 Å². The molecular formula is C14H12BrClN2O2. The topological polar surface area (TPSA) is 51.2 Å². The first kappa shape index (κ1) is 14.8. The Morgan fingerprint density at radius 2 is 2.20 bits per heavy atom. The SMILES string of the molecule is Cc1cc(OCC(=O)Nc2ccc(Br)cn2)ccc1Cl. The van der Waals surface area contributed by atoms with Crippen molar-refractivity contribution in [2.24, 2.45) is 0 Å². The maximum atomic E-state index is 11.7. The van der Waals surface area contributed by atoms with Crippen LogP contribution < -0.4 is 10.1 Å². The van der Waals surface area contributed by atoms with Crippen LogP contribution in [0.2, 0.25) is 5.02 Å². The highest BCUT2D eigenvalue weighted by Crippen LogP contribution is 2.21. The molecule has 0 aliphatic heterocycles. The molecule has 4 nitrogen and oxygen atoms in total. The zero-order valence-corrected chi connectivity index (χ0v) is 13.0. The number of nitrogens with one attached hydrogen (secondary N) is 1. The highest BCUT2D eigenvalue weighted by atomic mass is 79.9. The maximum Gasteiger partial charge on any atom is 0.263 e. The number of rotatable bonds is 4. The maximum absolute atomic E-state index is 11.7. The summed E-state index contributed by atoms with van der Waals surface area (Å²) in [5.74, 6) is 0.812. The normalized spacial score (nSPS) is 10.2. The molecule has 0 aliphatic carbocycles. The Morgan fingerprint density at radius 3 is 2.85 bits per heavy atom. The van der Waals surface area contributed by atoms with Crippen molar-refractivity contribution in [1.29, 1.82) is 0 Å². The fourth-order valence-electron chi connectivity index (χ4n) is 1.48. The summed E-state index contributed by atoms with van der Waals surface area (Å²) >= 11 is 9.19. The molecule has 1 aromatic heterocycles. The van der Waals surface area contributed by atoms with Crippen molar-refractivity contribution >= 4 is 39.3 Å². The second-order valence-electron chi connectivity index (χ2n) is 4.11. The fourth-order valence-corrected chi connectivity index (χ4v) is 1.84. The van der Waals surface area contributed by atoms with Gasteiger partial charge < -0.3 is 10.1 Å². The standard InChI is InChI=1S/C14H12BrClN2O2/c1-9-6-11(3-4-12(9)16)20-8-14(19)18-13-5-2-10(15)7-17-13/h2-7H,8H2,1H3,(H,17,18,19). The van der Waals surface area contributed by atoms with Gasteiger partial charge in [-0.15, -0.1) is 0 Å². The fraction of sp³-hybridized carbons (Fsp3) is 0.143. The Hall–Kier alpha value is -1.59. The van der Waals surface area contributed by atoms with Gasteiger partial charge in [0.05, 0.1) is 0 Å². The van der Waals surface area contributed by atoms with Gasteiger partial charge in [-0.2, -0.15) is 0 Å². The largest absolute Gasteiger partial charge is 0.484 e. The summed E-state index contributed by atoms with van der Waals surface area (Å²) in [5, 5.41) is 3.31. The average Bonchev–Trinajstić information content (AvgIpc) is 2.43. The number of halogens is 2. The number of aryl methyl sites for hydroxylation is 1. The van der Waals surface area contributed by atoms with Crippen molar-refractivity contribution in [2.75, 3.05) is 11.9 Å². The Kier molecular flexibility index (Phi) is 4.98. The summed E-state index contributed by atoms with van der Waals surface area (Å²) in [6, 6.07) is 8.74. The first-order chi connectivity index (χ1) is 9.54. The number of ether oxygens (including phenoxy) is 1. The van der Waals surface area contributed by atoms with Crippen LogP contribution in [0.15, 0.2) is 41.0 Å². The number of hydrogen-bond acceptors (Lipinski definition) is 3. The van der Waals surface area contributed by atoms with E-state index in [1.165, 1.54) is 0 Å². The van der Waals surface area contributed by atoms with Gasteiger partial charge in [0.2, 0.25) is 0 Å². The van der Waals surface area contributed by atoms with Crippen molar-refractivity contribution in [3.05, 3.63) is 51.6 Å². The minimum absolute atomic E-state index is 0.0845. The van der Waals surface area contributed by atoms with Gasteiger partial charge in [-0.1, -0.05) is 11.6 Å². The lowest BCUT2D eigenvalue weighted by atomic mass is 10.2. The van der Waals surface area contributed by atoms with E-state index in [4.69, 9.17) is 16.3 Å². The third-order valence-electron chi connectivity index (χ3n) is 2.49. The Balaban J connectivity index is 1.88. The minimum Gasteiger partial charge on any atom is -0.484 e. The highest BCUT2D eigenvalue weighted by Gasteiger charge is 2.05. The van der Waals surface area contributed by atoms with E-state index in [1.54, 1.807) is 36.5 Å². The Labute approximate surface area is 130 Å². The second-order valence-corrected chi connectivity index (χ2v) is 5.43. The number of nitrogens with zero attached hydrogens (tertiary/aromatic N) is 1. The highest BCUT2D eigenvalue weighted by molar-refractivity contribution is 9.10. The summed E-state index contributed by atoms with van der Waals surface area (Å²) in [6.07, 6.45) is 1.61. The van der Waals surface area contributed by atoms with Gasteiger partial charge in [0.25, 0.3) is 5.91 Å². The lowest BCUT2D eigenvalue weighted by molar-refractivity contribution is -0.118. The van der Waals surface area contributed by atoms with Gasteiger partial charge in [-0.25, -0.2) is 4.98 Å². The van der Waals surface area contributed by atoms with Crippen molar-refractivity contribution in [3.8, 4) is 5.75 Å². The van der Waals surface area contributed by atoms with Gasteiger partial charge in [-0.3, -0.25) is 4.79 Å². The number of carbonyl (C=O) groups is 1. The molecule has 0 saturated heterocycles. The average molecular weight is 356 g/mol. The number of carbonyl (C=O) groups excluding carboxylic acids is 1. The molecule has 104 valence electrons. The Morgan fingerprint density at radius 1 is 1.40 bits per heavy atom. The molecular weight excluding hydrogens is 344 g/mol. The summed E-state index contributed by atoms with van der Waals surface area (Å²) in [5.41, 5.74) is 0.902. The molecule has 0 atom stereocenters. The van der Waals surface area contributed by atoms with Crippen LogP contribution in [0, 0.1) is 6.92 Å². The van der Waals surface area contributed by atoms with E-state index in [1.807, 2.05) is 6.92 Å². The van der Waals surface area contributed by atoms with Crippen molar-refractivity contribution in [3.63, 3.8) is 0 Å². The molecule has 1 aromatic carbocycles. The van der Waals surface area contributed by atoms with Gasteiger partial charge >= 0.3 is 0 Å². The first-order valence-electron chi connectivity index (χ1n) is 5.85. The van der Waals surface area contributed by atoms with E-state index in [-0.39, 0.29) is 12.5 Å². The molecule has 1 amide bonds. The molecule has 2 aromatic rings. The molecule has 0 unspecified atom stereocenters. The second kappa shape index (κ2) is 6.72. The van der Waals surface area contributed by atoms with Crippen LogP contribution in [0.4, 0.5) is 5.82 Å². The summed E-state index contributed by atoms with van der Waals surface area (Å²) in [4.78, 5) is 15.8. The third kappa shape index (κ3) is 4.21. The monoisotopic (exact) mass is 354 g/mol. The van der Waals surface area contributed by atoms with E-state index >= 15 is 0 Å². The van der Waals surface area contributed by atoms with Gasteiger partial charge in [-0.05, 0) is 58.7 Å². The minimum atomic E-state index is -0.271. The number of hydrogen-bond donors (Lipinski definition) is 1. The summed E-state index contributed by atoms with van der Waals surface area (Å²) in [7, 11) is 0. The summed E-state index contributed by atoms with van der Waals surface area (Å²) < 4.78 is 6.24. The van der Waals surface area contributed by atoms with E-state index in [2.05, 4.69) is 26.2 Å². The van der Waals surface area contributed by atoms with Crippen LogP contribution in [-0.4, -0.2) is 17.5 Å². The lowest BCUT2D eigenvalue weighted by Gasteiger charge is -2.08. The van der Waals surface area contributed by atoms with E-state index in [0.29, 0.717) is 16.6 Å². The molecule has 6 heteroatoms. The number of pyridine rings is 1. The Bertz CT molecular complexity index is 617. The smallest absolute Gasteiger partial charge is 0.263 e. The van der Waals surface area contributed by atoms with Crippen molar-refractivity contribution in [1.82, 2.24) is 4.98 Å². The number of aromatic nitrogens is 1. The predicted molar refractivity (Wildman–Crippen MR) is 82.3 cm³/mol. The quantitative estimate of drug-likeness (QED) is 0.907. The summed E-state index contributed by atoms with van der Waals surface area (Å²) in [6.45, 7) is 1.79. The predicted octanol–water partition coefficient (Wildman–Crippen LogP) is 3.82. The molecule has 0 spiro atoms. The van der Waals surface area contributed by atoms with Gasteiger partial charge in [0.15, 0.2) is 6.61 Å². The lowest BCUT2D eigenvalue weighted by Crippen LogP contribution is -2.20. The zero-order valence-electron chi connectivity index (χ0n) is 10.7. The molecule has 20 heavy (non-hydrogen) atoms. The van der Waals surface area contributed by atoms with Crippen LogP contribution in [0.25, 0.3) is 0 Å².